The molecule has 1 saturated heterocycles. The Morgan fingerprint density at radius 3 is 2.46 bits per heavy atom. The Balaban J connectivity index is 1.56. The number of hydrogen-bond donors (Lipinski definition) is 2. The summed E-state index contributed by atoms with van der Waals surface area (Å²) in [5.41, 5.74) is 4.82. The van der Waals surface area contributed by atoms with Crippen LogP contribution in [0.25, 0.3) is 0 Å². The maximum absolute atomic E-state index is 5.46. The van der Waals surface area contributed by atoms with Gasteiger partial charge < -0.3 is 15.5 Å². The minimum atomic E-state index is 0.162. The molecule has 1 heterocycles. The van der Waals surface area contributed by atoms with Crippen LogP contribution in [-0.2, 0) is 0 Å². The average molecular weight is 368 g/mol. The molecule has 0 amide bonds. The van der Waals surface area contributed by atoms with E-state index in [9.17, 15) is 0 Å². The summed E-state index contributed by atoms with van der Waals surface area (Å²) < 4.78 is 0. The molecule has 0 aliphatic carbocycles. The standard InChI is InChI=1S/C22H29N3S/c1-16-6-10-20(11-7-16)24-22(26)23-18(3)19-8-12-21(13-9-19)25-14-4-5-17(2)15-25/h6-13,17-18H,4-5,14-15H2,1-3H3,(H2,23,24,26)/t17-,18-/m1/s1. The molecule has 1 aliphatic rings. The van der Waals surface area contributed by atoms with Crippen LogP contribution in [0, 0.1) is 12.8 Å². The zero-order valence-corrected chi connectivity index (χ0v) is 16.8. The second kappa shape index (κ2) is 8.54. The Labute approximate surface area is 162 Å². The lowest BCUT2D eigenvalue weighted by Gasteiger charge is -2.33. The van der Waals surface area contributed by atoms with E-state index in [4.69, 9.17) is 12.2 Å². The minimum absolute atomic E-state index is 0.162. The lowest BCUT2D eigenvalue weighted by Crippen LogP contribution is -2.34. The zero-order valence-electron chi connectivity index (χ0n) is 16.0. The lowest BCUT2D eigenvalue weighted by molar-refractivity contribution is 0.447. The van der Waals surface area contributed by atoms with E-state index in [0.717, 1.165) is 18.2 Å². The van der Waals surface area contributed by atoms with Crippen LogP contribution in [0.2, 0.25) is 0 Å². The highest BCUT2D eigenvalue weighted by Crippen LogP contribution is 2.24. The molecule has 0 bridgehead atoms. The molecule has 138 valence electrons. The van der Waals surface area contributed by atoms with Gasteiger partial charge in [0.15, 0.2) is 5.11 Å². The molecule has 1 fully saturated rings. The highest BCUT2D eigenvalue weighted by atomic mass is 32.1. The number of anilines is 2. The van der Waals surface area contributed by atoms with Crippen LogP contribution >= 0.6 is 12.2 Å². The van der Waals surface area contributed by atoms with Gasteiger partial charge in [-0.25, -0.2) is 0 Å². The first-order chi connectivity index (χ1) is 12.5. The number of hydrogen-bond acceptors (Lipinski definition) is 2. The zero-order chi connectivity index (χ0) is 18.5. The maximum Gasteiger partial charge on any atom is 0.171 e. The van der Waals surface area contributed by atoms with E-state index in [1.807, 2.05) is 12.1 Å². The van der Waals surface area contributed by atoms with Gasteiger partial charge in [0, 0.05) is 24.5 Å². The van der Waals surface area contributed by atoms with E-state index in [1.165, 1.54) is 36.2 Å². The second-order valence-corrected chi connectivity index (χ2v) is 7.88. The van der Waals surface area contributed by atoms with Gasteiger partial charge in [-0.2, -0.15) is 0 Å². The molecular weight excluding hydrogens is 338 g/mol. The summed E-state index contributed by atoms with van der Waals surface area (Å²) >= 11 is 5.46. The third kappa shape index (κ3) is 4.98. The Hall–Kier alpha value is -2.07. The van der Waals surface area contributed by atoms with Gasteiger partial charge in [0.05, 0.1) is 6.04 Å². The molecule has 0 spiro atoms. The van der Waals surface area contributed by atoms with E-state index in [1.54, 1.807) is 0 Å². The number of nitrogens with one attached hydrogen (secondary N) is 2. The van der Waals surface area contributed by atoms with Crippen molar-refractivity contribution < 1.29 is 0 Å². The molecule has 0 saturated carbocycles. The maximum atomic E-state index is 5.46. The molecule has 4 heteroatoms. The fourth-order valence-corrected chi connectivity index (χ4v) is 3.78. The van der Waals surface area contributed by atoms with E-state index in [2.05, 4.69) is 72.7 Å². The third-order valence-corrected chi connectivity index (χ3v) is 5.29. The number of benzene rings is 2. The van der Waals surface area contributed by atoms with Crippen LogP contribution in [0.4, 0.5) is 11.4 Å². The number of nitrogens with zero attached hydrogens (tertiary/aromatic N) is 1. The Bertz CT molecular complexity index is 724. The first-order valence-electron chi connectivity index (χ1n) is 9.50. The predicted molar refractivity (Wildman–Crippen MR) is 116 cm³/mol. The molecule has 26 heavy (non-hydrogen) atoms. The predicted octanol–water partition coefficient (Wildman–Crippen LogP) is 5.28. The van der Waals surface area contributed by atoms with Gasteiger partial charge in [0.25, 0.3) is 0 Å². The number of rotatable bonds is 4. The molecule has 3 nitrogen and oxygen atoms in total. The molecule has 2 N–H and O–H groups in total. The molecule has 0 unspecified atom stereocenters. The van der Waals surface area contributed by atoms with Crippen molar-refractivity contribution in [2.24, 2.45) is 5.92 Å². The molecule has 2 atom stereocenters. The van der Waals surface area contributed by atoms with Gasteiger partial charge >= 0.3 is 0 Å². The van der Waals surface area contributed by atoms with E-state index in [0.29, 0.717) is 5.11 Å². The molecule has 2 aromatic carbocycles. The van der Waals surface area contributed by atoms with Crippen LogP contribution in [0.3, 0.4) is 0 Å². The largest absolute Gasteiger partial charge is 0.371 e. The molecule has 0 radical (unpaired) electrons. The van der Waals surface area contributed by atoms with Crippen LogP contribution in [0.1, 0.15) is 43.9 Å². The summed E-state index contributed by atoms with van der Waals surface area (Å²) in [4.78, 5) is 2.50. The smallest absolute Gasteiger partial charge is 0.171 e. The van der Waals surface area contributed by atoms with Crippen molar-refractivity contribution in [3.05, 3.63) is 59.7 Å². The van der Waals surface area contributed by atoms with Gasteiger partial charge in [-0.15, -0.1) is 0 Å². The Kier molecular flexibility index (Phi) is 6.15. The van der Waals surface area contributed by atoms with Gasteiger partial charge in [-0.3, -0.25) is 0 Å². The highest BCUT2D eigenvalue weighted by molar-refractivity contribution is 7.80. The fraction of sp³-hybridized carbons (Fsp3) is 0.409. The number of aryl methyl sites for hydroxylation is 1. The van der Waals surface area contributed by atoms with Crippen LogP contribution in [0.5, 0.6) is 0 Å². The quantitative estimate of drug-likeness (QED) is 0.719. The van der Waals surface area contributed by atoms with Crippen molar-refractivity contribution in [3.63, 3.8) is 0 Å². The topological polar surface area (TPSA) is 27.3 Å². The minimum Gasteiger partial charge on any atom is -0.371 e. The van der Waals surface area contributed by atoms with Gasteiger partial charge in [0.2, 0.25) is 0 Å². The Morgan fingerprint density at radius 2 is 1.81 bits per heavy atom. The normalized spacial score (nSPS) is 18.3. The van der Waals surface area contributed by atoms with E-state index in [-0.39, 0.29) is 6.04 Å². The van der Waals surface area contributed by atoms with Crippen molar-refractivity contribution in [1.82, 2.24) is 5.32 Å². The first-order valence-corrected chi connectivity index (χ1v) is 9.91. The van der Waals surface area contributed by atoms with Crippen molar-refractivity contribution in [2.45, 2.75) is 39.7 Å². The van der Waals surface area contributed by atoms with Crippen LogP contribution < -0.4 is 15.5 Å². The highest BCUT2D eigenvalue weighted by Gasteiger charge is 2.17. The second-order valence-electron chi connectivity index (χ2n) is 7.47. The molecule has 2 aromatic rings. The summed E-state index contributed by atoms with van der Waals surface area (Å²) in [6.07, 6.45) is 2.64. The molecule has 3 rings (SSSR count). The third-order valence-electron chi connectivity index (χ3n) is 5.07. The summed E-state index contributed by atoms with van der Waals surface area (Å²) in [5.74, 6) is 0.786. The fourth-order valence-electron chi connectivity index (χ4n) is 3.48. The summed E-state index contributed by atoms with van der Waals surface area (Å²) in [5, 5.41) is 7.27. The molecule has 1 aliphatic heterocycles. The summed E-state index contributed by atoms with van der Waals surface area (Å²) in [7, 11) is 0. The number of piperidine rings is 1. The van der Waals surface area contributed by atoms with Gasteiger partial charge in [-0.05, 0) is 74.7 Å². The SMILES string of the molecule is Cc1ccc(NC(=S)N[C@H](C)c2ccc(N3CCC[C@@H](C)C3)cc2)cc1. The van der Waals surface area contributed by atoms with Crippen molar-refractivity contribution >= 4 is 28.7 Å². The first kappa shape index (κ1) is 18.7. The summed E-state index contributed by atoms with van der Waals surface area (Å²) in [6.45, 7) is 8.89. The summed E-state index contributed by atoms with van der Waals surface area (Å²) in [6, 6.07) is 17.3. The van der Waals surface area contributed by atoms with Crippen LogP contribution in [0.15, 0.2) is 48.5 Å². The lowest BCUT2D eigenvalue weighted by atomic mass is 9.99. The van der Waals surface area contributed by atoms with Gasteiger partial charge in [-0.1, -0.05) is 36.8 Å². The van der Waals surface area contributed by atoms with Crippen LogP contribution in [-0.4, -0.2) is 18.2 Å². The van der Waals surface area contributed by atoms with Crippen molar-refractivity contribution in [3.8, 4) is 0 Å². The average Bonchev–Trinajstić information content (AvgIpc) is 2.64. The van der Waals surface area contributed by atoms with Crippen molar-refractivity contribution in [1.29, 1.82) is 0 Å². The monoisotopic (exact) mass is 367 g/mol. The molecule has 0 aromatic heterocycles. The Morgan fingerprint density at radius 1 is 1.12 bits per heavy atom. The van der Waals surface area contributed by atoms with Crippen molar-refractivity contribution in [2.75, 3.05) is 23.3 Å². The number of thiocarbonyl (C=S) groups is 1. The van der Waals surface area contributed by atoms with E-state index < -0.39 is 0 Å². The van der Waals surface area contributed by atoms with Gasteiger partial charge in [0.1, 0.15) is 0 Å². The molecular formula is C22H29N3S. The van der Waals surface area contributed by atoms with E-state index >= 15 is 0 Å².